The molecular formula is C23H31ClN4O2. The van der Waals surface area contributed by atoms with Crippen molar-refractivity contribution in [3.63, 3.8) is 0 Å². The molecule has 3 rings (SSSR count). The first-order valence-corrected chi connectivity index (χ1v) is 10.1. The molecule has 2 atom stereocenters. The molecule has 0 aliphatic carbocycles. The predicted molar refractivity (Wildman–Crippen MR) is 121 cm³/mol. The van der Waals surface area contributed by atoms with Gasteiger partial charge in [-0.1, -0.05) is 60.7 Å². The fraction of sp³-hybridized carbons (Fsp3) is 0.391. The molecule has 0 radical (unpaired) electrons. The van der Waals surface area contributed by atoms with Gasteiger partial charge in [-0.15, -0.1) is 12.4 Å². The van der Waals surface area contributed by atoms with Gasteiger partial charge in [0, 0.05) is 45.6 Å². The van der Waals surface area contributed by atoms with Gasteiger partial charge in [0.2, 0.25) is 5.91 Å². The summed E-state index contributed by atoms with van der Waals surface area (Å²) >= 11 is 0. The molecule has 6 nitrogen and oxygen atoms in total. The van der Waals surface area contributed by atoms with Crippen molar-refractivity contribution in [2.45, 2.75) is 18.9 Å². The number of carbonyl (C=O) groups is 2. The highest BCUT2D eigenvalue weighted by molar-refractivity contribution is 5.85. The Balaban J connectivity index is 0.00000320. The lowest BCUT2D eigenvalue weighted by Gasteiger charge is -2.19. The van der Waals surface area contributed by atoms with Crippen molar-refractivity contribution in [3.05, 3.63) is 71.8 Å². The SMILES string of the molecule is CN(Cc1ccccc1)C(=O)NCCC(=O)N1C[C@@H](CN)[C@H](c2ccccc2)C1.Cl. The highest BCUT2D eigenvalue weighted by Crippen LogP contribution is 2.32. The molecule has 1 fully saturated rings. The van der Waals surface area contributed by atoms with E-state index in [9.17, 15) is 9.59 Å². The highest BCUT2D eigenvalue weighted by Gasteiger charge is 2.34. The van der Waals surface area contributed by atoms with Crippen LogP contribution >= 0.6 is 12.4 Å². The summed E-state index contributed by atoms with van der Waals surface area (Å²) in [5.41, 5.74) is 8.26. The number of urea groups is 1. The lowest BCUT2D eigenvalue weighted by atomic mass is 9.89. The number of halogens is 1. The van der Waals surface area contributed by atoms with Gasteiger partial charge in [0.25, 0.3) is 0 Å². The lowest BCUT2D eigenvalue weighted by molar-refractivity contribution is -0.130. The standard InChI is InChI=1S/C23H30N4O2.ClH/c1-26(15-18-8-4-2-5-9-18)23(29)25-13-12-22(28)27-16-20(14-24)21(17-27)19-10-6-3-7-11-19;/h2-11,20-21H,12-17,24H2,1H3,(H,25,29);1H/t20-,21+;/m1./s1. The Kier molecular flexibility index (Phi) is 9.15. The predicted octanol–water partition coefficient (Wildman–Crippen LogP) is 2.84. The molecular weight excluding hydrogens is 400 g/mol. The molecule has 30 heavy (non-hydrogen) atoms. The van der Waals surface area contributed by atoms with Crippen LogP contribution in [-0.4, -0.2) is 55.0 Å². The fourth-order valence-corrected chi connectivity index (χ4v) is 3.89. The minimum absolute atomic E-state index is 0. The topological polar surface area (TPSA) is 78.7 Å². The van der Waals surface area contributed by atoms with Gasteiger partial charge in [0.15, 0.2) is 0 Å². The van der Waals surface area contributed by atoms with Crippen LogP contribution in [0.3, 0.4) is 0 Å². The second-order valence-electron chi connectivity index (χ2n) is 7.64. The van der Waals surface area contributed by atoms with Crippen molar-refractivity contribution >= 4 is 24.3 Å². The fourth-order valence-electron chi connectivity index (χ4n) is 3.89. The summed E-state index contributed by atoms with van der Waals surface area (Å²) in [6.45, 7) is 2.79. The molecule has 7 heteroatoms. The largest absolute Gasteiger partial charge is 0.342 e. The van der Waals surface area contributed by atoms with Gasteiger partial charge in [-0.25, -0.2) is 4.79 Å². The monoisotopic (exact) mass is 430 g/mol. The quantitative estimate of drug-likeness (QED) is 0.708. The summed E-state index contributed by atoms with van der Waals surface area (Å²) in [5.74, 6) is 0.609. The Morgan fingerprint density at radius 2 is 1.70 bits per heavy atom. The second kappa shape index (κ2) is 11.6. The van der Waals surface area contributed by atoms with E-state index in [-0.39, 0.29) is 36.2 Å². The molecule has 2 aromatic carbocycles. The molecule has 0 aromatic heterocycles. The summed E-state index contributed by atoms with van der Waals surface area (Å²) in [5, 5.41) is 2.84. The number of amides is 3. The van der Waals surface area contributed by atoms with Gasteiger partial charge in [0.1, 0.15) is 0 Å². The van der Waals surface area contributed by atoms with Crippen LogP contribution in [0.2, 0.25) is 0 Å². The minimum Gasteiger partial charge on any atom is -0.342 e. The van der Waals surface area contributed by atoms with E-state index >= 15 is 0 Å². The van der Waals surface area contributed by atoms with Crippen LogP contribution in [0, 0.1) is 5.92 Å². The Labute approximate surface area is 184 Å². The Morgan fingerprint density at radius 3 is 2.33 bits per heavy atom. The molecule has 0 bridgehead atoms. The highest BCUT2D eigenvalue weighted by atomic mass is 35.5. The van der Waals surface area contributed by atoms with Crippen LogP contribution in [0.1, 0.15) is 23.5 Å². The number of hydrogen-bond acceptors (Lipinski definition) is 3. The zero-order valence-corrected chi connectivity index (χ0v) is 18.2. The molecule has 3 N–H and O–H groups in total. The van der Waals surface area contributed by atoms with Crippen molar-refractivity contribution in [2.24, 2.45) is 11.7 Å². The molecule has 1 heterocycles. The molecule has 0 unspecified atom stereocenters. The zero-order chi connectivity index (χ0) is 20.6. The van der Waals surface area contributed by atoms with E-state index in [0.29, 0.717) is 39.1 Å². The van der Waals surface area contributed by atoms with Gasteiger partial charge >= 0.3 is 6.03 Å². The van der Waals surface area contributed by atoms with Crippen LogP contribution < -0.4 is 11.1 Å². The minimum atomic E-state index is -0.176. The molecule has 2 aromatic rings. The van der Waals surface area contributed by atoms with Crippen molar-refractivity contribution in [1.29, 1.82) is 0 Å². The number of hydrogen-bond donors (Lipinski definition) is 2. The van der Waals surface area contributed by atoms with Crippen LogP contribution in [-0.2, 0) is 11.3 Å². The second-order valence-corrected chi connectivity index (χ2v) is 7.64. The van der Waals surface area contributed by atoms with Gasteiger partial charge in [0.05, 0.1) is 0 Å². The third kappa shape index (κ3) is 6.21. The van der Waals surface area contributed by atoms with Gasteiger partial charge in [-0.3, -0.25) is 4.79 Å². The smallest absolute Gasteiger partial charge is 0.317 e. The molecule has 0 spiro atoms. The van der Waals surface area contributed by atoms with Crippen LogP contribution in [0.4, 0.5) is 4.79 Å². The number of benzene rings is 2. The van der Waals surface area contributed by atoms with Crippen molar-refractivity contribution in [3.8, 4) is 0 Å². The molecule has 1 aliphatic rings. The van der Waals surface area contributed by atoms with E-state index in [1.807, 2.05) is 53.4 Å². The van der Waals surface area contributed by atoms with E-state index in [1.165, 1.54) is 5.56 Å². The van der Waals surface area contributed by atoms with E-state index in [2.05, 4.69) is 17.4 Å². The first-order valence-electron chi connectivity index (χ1n) is 10.1. The number of carbonyl (C=O) groups excluding carboxylic acids is 2. The summed E-state index contributed by atoms with van der Waals surface area (Å²) in [6, 6.07) is 19.9. The normalized spacial score (nSPS) is 17.9. The Bertz CT molecular complexity index is 803. The zero-order valence-electron chi connectivity index (χ0n) is 17.4. The Hall–Kier alpha value is -2.57. The summed E-state index contributed by atoms with van der Waals surface area (Å²) < 4.78 is 0. The lowest BCUT2D eigenvalue weighted by Crippen LogP contribution is -2.39. The summed E-state index contributed by atoms with van der Waals surface area (Å²) in [6.07, 6.45) is 0.295. The number of rotatable bonds is 7. The maximum absolute atomic E-state index is 12.6. The van der Waals surface area contributed by atoms with Gasteiger partial charge < -0.3 is 20.9 Å². The van der Waals surface area contributed by atoms with E-state index < -0.39 is 0 Å². The van der Waals surface area contributed by atoms with Crippen molar-refractivity contribution in [1.82, 2.24) is 15.1 Å². The number of nitrogens with zero attached hydrogens (tertiary/aromatic N) is 2. The number of likely N-dealkylation sites (tertiary alicyclic amines) is 1. The first kappa shape index (κ1) is 23.7. The summed E-state index contributed by atoms with van der Waals surface area (Å²) in [7, 11) is 1.75. The van der Waals surface area contributed by atoms with Gasteiger partial charge in [-0.05, 0) is 23.6 Å². The molecule has 162 valence electrons. The average molecular weight is 431 g/mol. The van der Waals surface area contributed by atoms with Gasteiger partial charge in [-0.2, -0.15) is 0 Å². The van der Waals surface area contributed by atoms with Crippen molar-refractivity contribution in [2.75, 3.05) is 33.2 Å². The van der Waals surface area contributed by atoms with E-state index in [0.717, 1.165) is 5.56 Å². The van der Waals surface area contributed by atoms with E-state index in [4.69, 9.17) is 5.73 Å². The number of nitrogens with two attached hydrogens (primary N) is 1. The average Bonchev–Trinajstić information content (AvgIpc) is 3.19. The van der Waals surface area contributed by atoms with Crippen molar-refractivity contribution < 1.29 is 9.59 Å². The molecule has 0 saturated carbocycles. The summed E-state index contributed by atoms with van der Waals surface area (Å²) in [4.78, 5) is 28.4. The first-order chi connectivity index (χ1) is 14.1. The molecule has 3 amide bonds. The van der Waals surface area contributed by atoms with Crippen LogP contribution in [0.15, 0.2) is 60.7 Å². The third-order valence-electron chi connectivity index (χ3n) is 5.55. The maximum Gasteiger partial charge on any atom is 0.317 e. The van der Waals surface area contributed by atoms with Crippen LogP contribution in [0.5, 0.6) is 0 Å². The maximum atomic E-state index is 12.6. The van der Waals surface area contributed by atoms with E-state index in [1.54, 1.807) is 11.9 Å². The third-order valence-corrected chi connectivity index (χ3v) is 5.55. The Morgan fingerprint density at radius 1 is 1.07 bits per heavy atom. The molecule has 1 saturated heterocycles. The number of nitrogens with one attached hydrogen (secondary N) is 1. The molecule has 1 aliphatic heterocycles. The van der Waals surface area contributed by atoms with Crippen LogP contribution in [0.25, 0.3) is 0 Å².